The van der Waals surface area contributed by atoms with Gasteiger partial charge in [0.25, 0.3) is 0 Å². The molecule has 4 nitrogen and oxygen atoms in total. The molecule has 0 aliphatic heterocycles. The molecule has 0 aromatic heterocycles. The molecule has 0 spiro atoms. The minimum Gasteiger partial charge on any atom is -0.369 e. The normalized spacial score (nSPS) is 11.3. The Bertz CT molecular complexity index is 151. The van der Waals surface area contributed by atoms with Gasteiger partial charge < -0.3 is 5.73 Å². The summed E-state index contributed by atoms with van der Waals surface area (Å²) in [5.74, 6) is -0.110. The Morgan fingerprint density at radius 2 is 2.27 bits per heavy atom. The van der Waals surface area contributed by atoms with Crippen molar-refractivity contribution in [1.29, 1.82) is 5.41 Å². The van der Waals surface area contributed by atoms with Gasteiger partial charge in [-0.05, 0) is 19.8 Å². The fourth-order valence-corrected chi connectivity index (χ4v) is 0.644. The van der Waals surface area contributed by atoms with Gasteiger partial charge in [-0.15, -0.1) is 0 Å². The van der Waals surface area contributed by atoms with Crippen LogP contribution in [0.15, 0.2) is 5.10 Å². The summed E-state index contributed by atoms with van der Waals surface area (Å²) in [5, 5.41) is 10.7. The lowest BCUT2D eigenvalue weighted by molar-refractivity contribution is 0.824. The third kappa shape index (κ3) is 6.83. The van der Waals surface area contributed by atoms with Gasteiger partial charge >= 0.3 is 0 Å². The first kappa shape index (κ1) is 9.94. The molecular formula is C7H16N4. The van der Waals surface area contributed by atoms with Gasteiger partial charge in [0.1, 0.15) is 0 Å². The predicted molar refractivity (Wildman–Crippen MR) is 47.7 cm³/mol. The number of guanidine groups is 1. The molecule has 11 heavy (non-hydrogen) atoms. The Kier molecular flexibility index (Phi) is 5.15. The van der Waals surface area contributed by atoms with E-state index < -0.39 is 0 Å². The molecule has 4 N–H and O–H groups in total. The van der Waals surface area contributed by atoms with Gasteiger partial charge in [-0.3, -0.25) is 5.41 Å². The van der Waals surface area contributed by atoms with Crippen molar-refractivity contribution in [2.45, 2.75) is 33.1 Å². The maximum absolute atomic E-state index is 6.82. The van der Waals surface area contributed by atoms with E-state index in [1.54, 1.807) is 0 Å². The average Bonchev–Trinajstić information content (AvgIpc) is 1.97. The van der Waals surface area contributed by atoms with Crippen LogP contribution in [0, 0.1) is 5.41 Å². The molecule has 0 aliphatic carbocycles. The molecular weight excluding hydrogens is 140 g/mol. The van der Waals surface area contributed by atoms with Crippen molar-refractivity contribution in [3.63, 3.8) is 0 Å². The smallest absolute Gasteiger partial charge is 0.206 e. The van der Waals surface area contributed by atoms with Crippen molar-refractivity contribution in [2.24, 2.45) is 10.8 Å². The Hall–Kier alpha value is -1.06. The van der Waals surface area contributed by atoms with Crippen LogP contribution in [0.2, 0.25) is 0 Å². The Morgan fingerprint density at radius 1 is 1.64 bits per heavy atom. The quantitative estimate of drug-likeness (QED) is 0.323. The molecule has 0 fully saturated rings. The van der Waals surface area contributed by atoms with Gasteiger partial charge in [-0.25, -0.2) is 5.43 Å². The minimum atomic E-state index is -0.110. The van der Waals surface area contributed by atoms with Crippen molar-refractivity contribution in [1.82, 2.24) is 5.43 Å². The monoisotopic (exact) mass is 156 g/mol. The number of hydrogen-bond donors (Lipinski definition) is 3. The lowest BCUT2D eigenvalue weighted by Crippen LogP contribution is -2.26. The summed E-state index contributed by atoms with van der Waals surface area (Å²) in [6, 6.07) is 0. The molecule has 0 amide bonds. The number of rotatable bonds is 4. The molecule has 0 unspecified atom stereocenters. The van der Waals surface area contributed by atoms with Crippen LogP contribution >= 0.6 is 0 Å². The van der Waals surface area contributed by atoms with Crippen LogP contribution in [-0.2, 0) is 0 Å². The van der Waals surface area contributed by atoms with E-state index in [9.17, 15) is 0 Å². The van der Waals surface area contributed by atoms with Crippen LogP contribution in [0.5, 0.6) is 0 Å². The van der Waals surface area contributed by atoms with Crippen molar-refractivity contribution < 1.29 is 0 Å². The molecule has 0 aliphatic rings. The second-order valence-corrected chi connectivity index (χ2v) is 2.48. The summed E-state index contributed by atoms with van der Waals surface area (Å²) in [7, 11) is 0. The zero-order valence-corrected chi connectivity index (χ0v) is 7.15. The third-order valence-electron chi connectivity index (χ3n) is 1.26. The first-order valence-corrected chi connectivity index (χ1v) is 3.80. The Labute approximate surface area is 67.4 Å². The van der Waals surface area contributed by atoms with Crippen LogP contribution in [-0.4, -0.2) is 11.7 Å². The highest BCUT2D eigenvalue weighted by Gasteiger charge is 1.89. The fraction of sp³-hybridized carbons (Fsp3) is 0.714. The second kappa shape index (κ2) is 5.70. The fourth-order valence-electron chi connectivity index (χ4n) is 0.644. The van der Waals surface area contributed by atoms with Crippen LogP contribution in [0.25, 0.3) is 0 Å². The zero-order valence-electron chi connectivity index (χ0n) is 7.15. The molecule has 0 atom stereocenters. The predicted octanol–water partition coefficient (Wildman–Crippen LogP) is 1.04. The summed E-state index contributed by atoms with van der Waals surface area (Å²) >= 11 is 0. The highest BCUT2D eigenvalue weighted by molar-refractivity contribution is 5.83. The maximum Gasteiger partial charge on any atom is 0.206 e. The molecule has 0 heterocycles. The standard InChI is InChI=1S/C7H16N4/c1-3-4-5-6(2)10-11-7(8)9/h3-5H2,1-2H3,(H4,8,9,11). The van der Waals surface area contributed by atoms with E-state index in [2.05, 4.69) is 17.5 Å². The van der Waals surface area contributed by atoms with E-state index in [-0.39, 0.29) is 5.96 Å². The maximum atomic E-state index is 6.82. The Balaban J connectivity index is 3.54. The summed E-state index contributed by atoms with van der Waals surface area (Å²) in [5.41, 5.74) is 8.43. The van der Waals surface area contributed by atoms with E-state index in [1.807, 2.05) is 6.92 Å². The lowest BCUT2D eigenvalue weighted by Gasteiger charge is -1.99. The molecule has 0 rings (SSSR count). The van der Waals surface area contributed by atoms with Crippen molar-refractivity contribution >= 4 is 11.7 Å². The molecule has 0 aromatic carbocycles. The molecule has 64 valence electrons. The van der Waals surface area contributed by atoms with Crippen molar-refractivity contribution in [3.8, 4) is 0 Å². The first-order valence-electron chi connectivity index (χ1n) is 3.80. The van der Waals surface area contributed by atoms with Gasteiger partial charge in [-0.2, -0.15) is 5.10 Å². The SMILES string of the molecule is CCCCC(C)=NNC(=N)N. The van der Waals surface area contributed by atoms with Crippen LogP contribution in [0.4, 0.5) is 0 Å². The van der Waals surface area contributed by atoms with Crippen molar-refractivity contribution in [3.05, 3.63) is 0 Å². The van der Waals surface area contributed by atoms with E-state index in [0.29, 0.717) is 0 Å². The zero-order chi connectivity index (χ0) is 8.69. The van der Waals surface area contributed by atoms with Gasteiger partial charge in [-0.1, -0.05) is 13.3 Å². The average molecular weight is 156 g/mol. The van der Waals surface area contributed by atoms with E-state index in [0.717, 1.165) is 25.0 Å². The van der Waals surface area contributed by atoms with Crippen LogP contribution in [0.1, 0.15) is 33.1 Å². The summed E-state index contributed by atoms with van der Waals surface area (Å²) in [6.07, 6.45) is 3.26. The topological polar surface area (TPSA) is 74.3 Å². The third-order valence-corrected chi connectivity index (χ3v) is 1.26. The molecule has 0 saturated heterocycles. The number of hydrazone groups is 1. The van der Waals surface area contributed by atoms with Gasteiger partial charge in [0.15, 0.2) is 0 Å². The van der Waals surface area contributed by atoms with Gasteiger partial charge in [0, 0.05) is 5.71 Å². The largest absolute Gasteiger partial charge is 0.369 e. The number of nitrogens with two attached hydrogens (primary N) is 1. The summed E-state index contributed by atoms with van der Waals surface area (Å²) in [4.78, 5) is 0. The lowest BCUT2D eigenvalue weighted by atomic mass is 10.2. The number of nitrogens with zero attached hydrogens (tertiary/aromatic N) is 1. The first-order chi connectivity index (χ1) is 5.16. The van der Waals surface area contributed by atoms with Gasteiger partial charge in [0.2, 0.25) is 5.96 Å². The molecule has 0 radical (unpaired) electrons. The number of hydrogen-bond acceptors (Lipinski definition) is 2. The van der Waals surface area contributed by atoms with E-state index in [1.165, 1.54) is 0 Å². The van der Waals surface area contributed by atoms with Gasteiger partial charge in [0.05, 0.1) is 0 Å². The van der Waals surface area contributed by atoms with Crippen LogP contribution in [0.3, 0.4) is 0 Å². The molecule has 0 saturated carbocycles. The molecule has 0 aromatic rings. The molecule has 4 heteroatoms. The van der Waals surface area contributed by atoms with Crippen LogP contribution < -0.4 is 11.2 Å². The van der Waals surface area contributed by atoms with Crippen molar-refractivity contribution in [2.75, 3.05) is 0 Å². The molecule has 0 bridgehead atoms. The highest BCUT2D eigenvalue weighted by atomic mass is 15.3. The second-order valence-electron chi connectivity index (χ2n) is 2.48. The minimum absolute atomic E-state index is 0.110. The number of unbranched alkanes of at least 4 members (excludes halogenated alkanes) is 1. The Morgan fingerprint density at radius 3 is 2.73 bits per heavy atom. The van der Waals surface area contributed by atoms with E-state index in [4.69, 9.17) is 11.1 Å². The highest BCUT2D eigenvalue weighted by Crippen LogP contribution is 1.95. The summed E-state index contributed by atoms with van der Waals surface area (Å²) < 4.78 is 0. The number of nitrogens with one attached hydrogen (secondary N) is 2. The summed E-state index contributed by atoms with van der Waals surface area (Å²) in [6.45, 7) is 4.05. The van der Waals surface area contributed by atoms with E-state index >= 15 is 0 Å².